The van der Waals surface area contributed by atoms with Gasteiger partial charge in [0.2, 0.25) is 5.89 Å². The molecule has 0 aliphatic rings. The number of amides is 1. The van der Waals surface area contributed by atoms with Gasteiger partial charge in [-0.15, -0.1) is 0 Å². The summed E-state index contributed by atoms with van der Waals surface area (Å²) >= 11 is 0. The average Bonchev–Trinajstić information content (AvgIpc) is 3.42. The Kier molecular flexibility index (Phi) is 8.70. The second-order valence-corrected chi connectivity index (χ2v) is 7.81. The van der Waals surface area contributed by atoms with Crippen LogP contribution >= 0.6 is 0 Å². The van der Waals surface area contributed by atoms with E-state index >= 15 is 0 Å². The molecule has 1 aromatic carbocycles. The van der Waals surface area contributed by atoms with Gasteiger partial charge in [-0.25, -0.2) is 9.67 Å². The molecule has 0 bridgehead atoms. The number of para-hydroxylation sites is 1. The molecular weight excluding hydrogens is 390 g/mol. The molecule has 3 rings (SSSR count). The molecule has 0 aliphatic carbocycles. The average molecular weight is 424 g/mol. The van der Waals surface area contributed by atoms with Crippen molar-refractivity contribution in [3.05, 3.63) is 48.5 Å². The summed E-state index contributed by atoms with van der Waals surface area (Å²) in [5, 5.41) is 7.23. The molecule has 1 amide bonds. The van der Waals surface area contributed by atoms with Crippen molar-refractivity contribution in [3.8, 4) is 17.1 Å². The van der Waals surface area contributed by atoms with Crippen LogP contribution in [0.2, 0.25) is 0 Å². The van der Waals surface area contributed by atoms with Crippen molar-refractivity contribution in [2.45, 2.75) is 64.7 Å². The van der Waals surface area contributed by atoms with Crippen LogP contribution in [-0.2, 0) is 0 Å². The fourth-order valence-electron chi connectivity index (χ4n) is 3.53. The predicted octanol–water partition coefficient (Wildman–Crippen LogP) is 5.37. The number of anilines is 1. The maximum Gasteiger partial charge on any atom is 0.273 e. The minimum atomic E-state index is -0.233. The van der Waals surface area contributed by atoms with Crippen LogP contribution in [0, 0.1) is 0 Å². The molecule has 7 heteroatoms. The Morgan fingerprint density at radius 1 is 1.03 bits per heavy atom. The van der Waals surface area contributed by atoms with Gasteiger partial charge in [0.1, 0.15) is 12.1 Å². The standard InChI is InChI=1S/C24H33N5O2/c1-2-3-4-5-6-7-8-9-13-16-26-23(30)21-18-31-24(28-21)20-17-27-29(22(20)25)19-14-11-10-12-15-19/h10-12,14-15,17-18H,2-9,13,16,25H2,1H3,(H,26,30). The van der Waals surface area contributed by atoms with Gasteiger partial charge in [0, 0.05) is 6.54 Å². The molecule has 0 saturated heterocycles. The Morgan fingerprint density at radius 3 is 2.42 bits per heavy atom. The van der Waals surface area contributed by atoms with E-state index in [4.69, 9.17) is 10.2 Å². The summed E-state index contributed by atoms with van der Waals surface area (Å²) in [6.07, 6.45) is 14.2. The summed E-state index contributed by atoms with van der Waals surface area (Å²) in [4.78, 5) is 16.7. The smallest absolute Gasteiger partial charge is 0.273 e. The minimum absolute atomic E-state index is 0.233. The predicted molar refractivity (Wildman–Crippen MR) is 123 cm³/mol. The Labute approximate surface area is 184 Å². The van der Waals surface area contributed by atoms with Crippen LogP contribution in [0.25, 0.3) is 17.1 Å². The zero-order valence-corrected chi connectivity index (χ0v) is 18.3. The van der Waals surface area contributed by atoms with Gasteiger partial charge in [0.15, 0.2) is 5.69 Å². The van der Waals surface area contributed by atoms with Crippen molar-refractivity contribution in [1.29, 1.82) is 0 Å². The Bertz CT molecular complexity index is 933. The van der Waals surface area contributed by atoms with Crippen LogP contribution in [0.15, 0.2) is 47.2 Å². The molecule has 0 fully saturated rings. The van der Waals surface area contributed by atoms with E-state index < -0.39 is 0 Å². The highest BCUT2D eigenvalue weighted by atomic mass is 16.3. The number of hydrogen-bond acceptors (Lipinski definition) is 5. The first kappa shape index (κ1) is 22.6. The lowest BCUT2D eigenvalue weighted by Gasteiger charge is -2.04. The zero-order chi connectivity index (χ0) is 21.9. The van der Waals surface area contributed by atoms with Crippen LogP contribution in [0.1, 0.15) is 75.2 Å². The van der Waals surface area contributed by atoms with E-state index in [9.17, 15) is 4.79 Å². The van der Waals surface area contributed by atoms with Gasteiger partial charge < -0.3 is 15.5 Å². The maximum absolute atomic E-state index is 12.4. The molecule has 0 unspecified atom stereocenters. The van der Waals surface area contributed by atoms with Crippen LogP contribution in [-0.4, -0.2) is 27.2 Å². The van der Waals surface area contributed by atoms with Crippen molar-refractivity contribution in [3.63, 3.8) is 0 Å². The third-order valence-electron chi connectivity index (χ3n) is 5.34. The largest absolute Gasteiger partial charge is 0.443 e. The van der Waals surface area contributed by atoms with Gasteiger partial charge in [-0.1, -0.05) is 76.5 Å². The first-order valence-electron chi connectivity index (χ1n) is 11.3. The van der Waals surface area contributed by atoms with Crippen molar-refractivity contribution < 1.29 is 9.21 Å². The molecule has 3 aromatic rings. The molecule has 7 nitrogen and oxygen atoms in total. The topological polar surface area (TPSA) is 99.0 Å². The molecular formula is C24H33N5O2. The number of nitrogen functional groups attached to an aromatic ring is 1. The summed E-state index contributed by atoms with van der Waals surface area (Å²) in [5.41, 5.74) is 7.87. The third-order valence-corrected chi connectivity index (χ3v) is 5.34. The van der Waals surface area contributed by atoms with E-state index in [2.05, 4.69) is 22.3 Å². The number of carbonyl (C=O) groups is 1. The molecule has 2 aromatic heterocycles. The van der Waals surface area contributed by atoms with Crippen molar-refractivity contribution in [2.24, 2.45) is 0 Å². The molecule has 0 radical (unpaired) electrons. The highest BCUT2D eigenvalue weighted by Gasteiger charge is 2.18. The van der Waals surface area contributed by atoms with Gasteiger partial charge in [-0.05, 0) is 18.6 Å². The van der Waals surface area contributed by atoms with Crippen molar-refractivity contribution in [1.82, 2.24) is 20.1 Å². The third kappa shape index (κ3) is 6.44. The Balaban J connectivity index is 1.43. The molecule has 166 valence electrons. The van der Waals surface area contributed by atoms with Gasteiger partial charge >= 0.3 is 0 Å². The lowest BCUT2D eigenvalue weighted by atomic mass is 10.1. The quantitative estimate of drug-likeness (QED) is 0.360. The summed E-state index contributed by atoms with van der Waals surface area (Å²) in [6.45, 7) is 2.88. The van der Waals surface area contributed by atoms with E-state index in [1.54, 1.807) is 10.9 Å². The molecule has 0 atom stereocenters. The monoisotopic (exact) mass is 423 g/mol. The lowest BCUT2D eigenvalue weighted by molar-refractivity contribution is 0.0948. The second kappa shape index (κ2) is 11.9. The molecule has 0 aliphatic heterocycles. The number of nitrogens with two attached hydrogens (primary N) is 1. The summed E-state index contributed by atoms with van der Waals surface area (Å²) < 4.78 is 7.11. The van der Waals surface area contributed by atoms with E-state index in [0.717, 1.165) is 18.5 Å². The Hall–Kier alpha value is -3.09. The first-order chi connectivity index (χ1) is 15.2. The summed E-state index contributed by atoms with van der Waals surface area (Å²) in [6, 6.07) is 9.58. The summed E-state index contributed by atoms with van der Waals surface area (Å²) in [5.74, 6) is 0.464. The second-order valence-electron chi connectivity index (χ2n) is 7.81. The van der Waals surface area contributed by atoms with E-state index in [1.807, 2.05) is 30.3 Å². The number of oxazole rings is 1. The van der Waals surface area contributed by atoms with Crippen molar-refractivity contribution in [2.75, 3.05) is 12.3 Å². The van der Waals surface area contributed by atoms with Gasteiger partial charge in [-0.3, -0.25) is 4.79 Å². The normalized spacial score (nSPS) is 11.0. The molecule has 3 N–H and O–H groups in total. The number of unbranched alkanes of at least 4 members (excludes halogenated alkanes) is 8. The van der Waals surface area contributed by atoms with Crippen molar-refractivity contribution >= 4 is 11.7 Å². The number of hydrogen-bond donors (Lipinski definition) is 2. The molecule has 0 spiro atoms. The lowest BCUT2D eigenvalue weighted by Crippen LogP contribution is -2.24. The van der Waals surface area contributed by atoms with Crippen LogP contribution in [0.3, 0.4) is 0 Å². The number of rotatable bonds is 13. The van der Waals surface area contributed by atoms with Crippen LogP contribution < -0.4 is 11.1 Å². The SMILES string of the molecule is CCCCCCCCCCCNC(=O)c1coc(-c2cnn(-c3ccccc3)c2N)n1. The highest BCUT2D eigenvalue weighted by Crippen LogP contribution is 2.27. The van der Waals surface area contributed by atoms with Crippen LogP contribution in [0.5, 0.6) is 0 Å². The maximum atomic E-state index is 12.4. The number of benzene rings is 1. The van der Waals surface area contributed by atoms with Crippen LogP contribution in [0.4, 0.5) is 5.82 Å². The summed E-state index contributed by atoms with van der Waals surface area (Å²) in [7, 11) is 0. The van der Waals surface area contributed by atoms with Gasteiger partial charge in [-0.2, -0.15) is 5.10 Å². The van der Waals surface area contributed by atoms with Gasteiger partial charge in [0.25, 0.3) is 5.91 Å². The zero-order valence-electron chi connectivity index (χ0n) is 18.3. The number of nitrogens with zero attached hydrogens (tertiary/aromatic N) is 3. The number of nitrogens with one attached hydrogen (secondary N) is 1. The fourth-order valence-corrected chi connectivity index (χ4v) is 3.53. The van der Waals surface area contributed by atoms with Gasteiger partial charge in [0.05, 0.1) is 17.4 Å². The van der Waals surface area contributed by atoms with E-state index in [0.29, 0.717) is 17.9 Å². The molecule has 2 heterocycles. The number of carbonyl (C=O) groups excluding carboxylic acids is 1. The first-order valence-corrected chi connectivity index (χ1v) is 11.3. The minimum Gasteiger partial charge on any atom is -0.443 e. The fraction of sp³-hybridized carbons (Fsp3) is 0.458. The highest BCUT2D eigenvalue weighted by molar-refractivity contribution is 5.92. The van der Waals surface area contributed by atoms with E-state index in [1.165, 1.54) is 51.2 Å². The van der Waals surface area contributed by atoms with E-state index in [-0.39, 0.29) is 17.5 Å². The molecule has 0 saturated carbocycles. The Morgan fingerprint density at radius 2 is 1.71 bits per heavy atom. The molecule has 31 heavy (non-hydrogen) atoms. The number of aromatic nitrogens is 3.